The number of phenols is 1. The molecule has 4 atom stereocenters. The first-order chi connectivity index (χ1) is 19.1. The third-order valence-electron chi connectivity index (χ3n) is 7.98. The molecule has 0 radical (unpaired) electrons. The summed E-state index contributed by atoms with van der Waals surface area (Å²) in [5.41, 5.74) is 3.60. The number of halogens is 1. The number of nitro benzene ring substituents is 1. The van der Waals surface area contributed by atoms with Gasteiger partial charge in [0.15, 0.2) is 11.5 Å². The van der Waals surface area contributed by atoms with Crippen molar-refractivity contribution in [2.75, 3.05) is 25.2 Å². The Balaban J connectivity index is 1.35. The van der Waals surface area contributed by atoms with Crippen molar-refractivity contribution in [2.45, 2.75) is 32.3 Å². The third kappa shape index (κ3) is 5.01. The fourth-order valence-electron chi connectivity index (χ4n) is 6.17. The number of nitrogens with zero attached hydrogens (tertiary/aromatic N) is 2. The number of phenolic OH excluding ortho intramolecular Hbond substituents is 1. The molecule has 2 aromatic rings. The molecular formula is C29H29IN2O8. The molecule has 3 aliphatic rings. The second-order valence-corrected chi connectivity index (χ2v) is 11.5. The van der Waals surface area contributed by atoms with E-state index in [1.165, 1.54) is 31.4 Å². The number of nitro groups is 1. The van der Waals surface area contributed by atoms with Crippen molar-refractivity contribution < 1.29 is 34.2 Å². The first kappa shape index (κ1) is 28.2. The summed E-state index contributed by atoms with van der Waals surface area (Å²) in [5.74, 6) is -1.89. The van der Waals surface area contributed by atoms with Gasteiger partial charge in [0.25, 0.3) is 5.69 Å². The zero-order chi connectivity index (χ0) is 28.7. The summed E-state index contributed by atoms with van der Waals surface area (Å²) in [6.07, 6.45) is 3.31. The maximum atomic E-state index is 13.6. The molecule has 2 amide bonds. The van der Waals surface area contributed by atoms with Crippen molar-refractivity contribution in [3.8, 4) is 11.5 Å². The highest BCUT2D eigenvalue weighted by molar-refractivity contribution is 14.1. The van der Waals surface area contributed by atoms with Gasteiger partial charge in [-0.2, -0.15) is 0 Å². The lowest BCUT2D eigenvalue weighted by Gasteiger charge is -2.31. The lowest BCUT2D eigenvalue weighted by molar-refractivity contribution is -0.384. The number of carbonyl (C=O) groups is 2. The van der Waals surface area contributed by atoms with Gasteiger partial charge in [-0.15, -0.1) is 0 Å². The second-order valence-electron chi connectivity index (χ2n) is 10.4. The maximum absolute atomic E-state index is 13.6. The minimum absolute atomic E-state index is 0.103. The molecule has 210 valence electrons. The van der Waals surface area contributed by atoms with Crippen LogP contribution in [0.15, 0.2) is 53.1 Å². The number of hydrogen-bond acceptors (Lipinski definition) is 8. The van der Waals surface area contributed by atoms with Crippen molar-refractivity contribution >= 4 is 51.9 Å². The minimum atomic E-state index is -0.640. The summed E-state index contributed by atoms with van der Waals surface area (Å²) in [4.78, 5) is 38.8. The van der Waals surface area contributed by atoms with Crippen molar-refractivity contribution in [2.24, 2.45) is 17.8 Å². The Bertz CT molecular complexity index is 1450. The van der Waals surface area contributed by atoms with E-state index in [1.807, 2.05) is 19.1 Å². The maximum Gasteiger partial charge on any atom is 0.271 e. The Morgan fingerprint density at radius 1 is 1.25 bits per heavy atom. The van der Waals surface area contributed by atoms with Crippen LogP contribution in [0.5, 0.6) is 11.5 Å². The molecule has 0 aromatic heterocycles. The highest BCUT2D eigenvalue weighted by Gasteiger charge is 2.57. The summed E-state index contributed by atoms with van der Waals surface area (Å²) in [6.45, 7) is 2.04. The van der Waals surface area contributed by atoms with Crippen LogP contribution < -0.4 is 9.64 Å². The number of fused-ring (bicyclic) bond motifs is 3. The van der Waals surface area contributed by atoms with E-state index in [0.29, 0.717) is 22.2 Å². The number of hydrogen-bond donors (Lipinski definition) is 2. The SMILES string of the molecule is COc1cc(/C=C(\C)CC[C@H]2OC[C@H]3C2=C(CO)C[C@H]2C(=O)N(c4cccc([N+](=O)[O-])c4)C(=O)[C@H]23)cc(I)c1O. The number of ether oxygens (including phenoxy) is 2. The van der Waals surface area contributed by atoms with Crippen molar-refractivity contribution in [1.29, 1.82) is 0 Å². The Morgan fingerprint density at radius 3 is 2.73 bits per heavy atom. The summed E-state index contributed by atoms with van der Waals surface area (Å²) in [5, 5.41) is 31.6. The van der Waals surface area contributed by atoms with E-state index >= 15 is 0 Å². The molecule has 0 saturated carbocycles. The van der Waals surface area contributed by atoms with Crippen LogP contribution in [-0.4, -0.2) is 53.4 Å². The highest BCUT2D eigenvalue weighted by atomic mass is 127. The van der Waals surface area contributed by atoms with E-state index in [1.54, 1.807) is 6.07 Å². The molecule has 2 aromatic carbocycles. The highest BCUT2D eigenvalue weighted by Crippen LogP contribution is 2.50. The molecule has 10 nitrogen and oxygen atoms in total. The van der Waals surface area contributed by atoms with Gasteiger partial charge in [-0.3, -0.25) is 19.7 Å². The smallest absolute Gasteiger partial charge is 0.271 e. The molecular weight excluding hydrogens is 631 g/mol. The molecule has 1 aliphatic carbocycles. The van der Waals surface area contributed by atoms with Gasteiger partial charge >= 0.3 is 0 Å². The molecule has 2 fully saturated rings. The number of aliphatic hydroxyl groups excluding tert-OH is 1. The third-order valence-corrected chi connectivity index (χ3v) is 8.80. The fourth-order valence-corrected chi connectivity index (χ4v) is 6.79. The number of aliphatic hydroxyl groups is 1. The molecule has 2 saturated heterocycles. The van der Waals surface area contributed by atoms with Gasteiger partial charge < -0.3 is 19.7 Å². The lowest BCUT2D eigenvalue weighted by Crippen LogP contribution is -2.35. The van der Waals surface area contributed by atoms with E-state index in [0.717, 1.165) is 27.2 Å². The number of imide groups is 1. The van der Waals surface area contributed by atoms with Crippen LogP contribution in [-0.2, 0) is 14.3 Å². The Morgan fingerprint density at radius 2 is 2.02 bits per heavy atom. The quantitative estimate of drug-likeness (QED) is 0.138. The Hall–Kier alpha value is -3.29. The number of amides is 2. The topological polar surface area (TPSA) is 139 Å². The van der Waals surface area contributed by atoms with E-state index in [4.69, 9.17) is 9.47 Å². The normalized spacial score (nSPS) is 24.4. The summed E-state index contributed by atoms with van der Waals surface area (Å²) >= 11 is 2.06. The molecule has 0 bridgehead atoms. The summed E-state index contributed by atoms with van der Waals surface area (Å²) in [7, 11) is 1.51. The largest absolute Gasteiger partial charge is 0.504 e. The van der Waals surface area contributed by atoms with Gasteiger partial charge in [-0.1, -0.05) is 17.7 Å². The van der Waals surface area contributed by atoms with Crippen LogP contribution in [0.3, 0.4) is 0 Å². The molecule has 5 rings (SSSR count). The number of benzene rings is 2. The predicted molar refractivity (Wildman–Crippen MR) is 155 cm³/mol. The number of anilines is 1. The molecule has 0 spiro atoms. The Labute approximate surface area is 244 Å². The summed E-state index contributed by atoms with van der Waals surface area (Å²) < 4.78 is 12.1. The fraction of sp³-hybridized carbons (Fsp3) is 0.379. The van der Waals surface area contributed by atoms with Crippen LogP contribution >= 0.6 is 22.6 Å². The van der Waals surface area contributed by atoms with Gasteiger partial charge in [-0.05, 0) is 83.7 Å². The predicted octanol–water partition coefficient (Wildman–Crippen LogP) is 4.61. The van der Waals surface area contributed by atoms with Crippen molar-refractivity contribution in [3.05, 3.63) is 72.4 Å². The first-order valence-electron chi connectivity index (χ1n) is 12.9. The zero-order valence-corrected chi connectivity index (χ0v) is 24.2. The zero-order valence-electron chi connectivity index (χ0n) is 22.0. The van der Waals surface area contributed by atoms with E-state index in [2.05, 4.69) is 22.6 Å². The Kier molecular flexibility index (Phi) is 7.98. The molecule has 11 heteroatoms. The standard InChI is InChI=1S/C29H29IN2O8/c1-15(8-16-9-22(30)27(34)24(10-16)39-2)6-7-23-25-17(13-33)11-20-26(21(25)14-40-23)29(36)31(28(20)35)18-4-3-5-19(12-18)32(37)38/h3-5,8-10,12,20-21,23,26,33-34H,6-7,11,13-14H2,1-2H3/b15-8+/t20-,21+,23-,26-/m1/s1. The van der Waals surface area contributed by atoms with Crippen LogP contribution in [0.2, 0.25) is 0 Å². The number of non-ortho nitro benzene ring substituents is 1. The van der Waals surface area contributed by atoms with Gasteiger partial charge in [0.2, 0.25) is 11.8 Å². The number of aromatic hydroxyl groups is 1. The van der Waals surface area contributed by atoms with Gasteiger partial charge in [0.1, 0.15) is 0 Å². The van der Waals surface area contributed by atoms with Gasteiger partial charge in [-0.25, -0.2) is 4.90 Å². The van der Waals surface area contributed by atoms with E-state index in [-0.39, 0.29) is 54.7 Å². The first-order valence-corrected chi connectivity index (χ1v) is 14.0. The van der Waals surface area contributed by atoms with Crippen LogP contribution in [0.1, 0.15) is 31.7 Å². The number of methoxy groups -OCH3 is 1. The lowest BCUT2D eigenvalue weighted by atomic mass is 9.69. The average Bonchev–Trinajstić information content (AvgIpc) is 3.47. The average molecular weight is 660 g/mol. The van der Waals surface area contributed by atoms with Crippen molar-refractivity contribution in [3.63, 3.8) is 0 Å². The van der Waals surface area contributed by atoms with Crippen LogP contribution in [0.25, 0.3) is 6.08 Å². The van der Waals surface area contributed by atoms with Crippen molar-refractivity contribution in [1.82, 2.24) is 0 Å². The van der Waals surface area contributed by atoms with E-state index < -0.39 is 22.7 Å². The van der Waals surface area contributed by atoms with Gasteiger partial charge in [0, 0.05) is 18.1 Å². The number of carbonyl (C=O) groups excluding carboxylic acids is 2. The molecule has 0 unspecified atom stereocenters. The molecule has 2 aliphatic heterocycles. The van der Waals surface area contributed by atoms with Crippen LogP contribution in [0.4, 0.5) is 11.4 Å². The van der Waals surface area contributed by atoms with Crippen LogP contribution in [0, 0.1) is 31.4 Å². The van der Waals surface area contributed by atoms with E-state index in [9.17, 15) is 29.9 Å². The summed E-state index contributed by atoms with van der Waals surface area (Å²) in [6, 6.07) is 9.17. The number of allylic oxidation sites excluding steroid dienone is 1. The minimum Gasteiger partial charge on any atom is -0.504 e. The monoisotopic (exact) mass is 660 g/mol. The van der Waals surface area contributed by atoms with Gasteiger partial charge in [0.05, 0.1) is 52.4 Å². The molecule has 2 heterocycles. The molecule has 2 N–H and O–H groups in total. The second kappa shape index (κ2) is 11.3. The molecule has 40 heavy (non-hydrogen) atoms. The number of rotatable bonds is 8.